The Balaban J connectivity index is 1.85. The predicted octanol–water partition coefficient (Wildman–Crippen LogP) is 4.03. The minimum atomic E-state index is -0.432. The van der Waals surface area contributed by atoms with E-state index in [0.29, 0.717) is 21.9 Å². The van der Waals surface area contributed by atoms with E-state index in [1.165, 1.54) is 0 Å². The predicted molar refractivity (Wildman–Crippen MR) is 121 cm³/mol. The van der Waals surface area contributed by atoms with E-state index in [4.69, 9.17) is 17.0 Å². The molecule has 0 aromatic heterocycles. The molecule has 1 atom stereocenters. The minimum Gasteiger partial charge on any atom is -0.459 e. The molecule has 1 heterocycles. The van der Waals surface area contributed by atoms with Crippen molar-refractivity contribution in [3.63, 3.8) is 0 Å². The number of benzene rings is 2. The van der Waals surface area contributed by atoms with Crippen LogP contribution >= 0.6 is 12.2 Å². The highest BCUT2D eigenvalue weighted by atomic mass is 32.1. The molecule has 1 aliphatic rings. The van der Waals surface area contributed by atoms with Crippen molar-refractivity contribution in [1.29, 1.82) is 0 Å². The number of allylic oxidation sites excluding steroid dienone is 1. The van der Waals surface area contributed by atoms with Gasteiger partial charge in [0.1, 0.15) is 0 Å². The number of hydrogen-bond donors (Lipinski definition) is 2. The van der Waals surface area contributed by atoms with E-state index in [1.54, 1.807) is 29.2 Å². The number of esters is 1. The average molecular weight is 424 g/mol. The maximum absolute atomic E-state index is 12.8. The Bertz CT molecular complexity index is 985. The first-order valence-electron chi connectivity index (χ1n) is 9.70. The number of carbonyl (C=O) groups excluding carboxylic acids is 2. The second-order valence-electron chi connectivity index (χ2n) is 7.34. The molecule has 2 aromatic carbocycles. The van der Waals surface area contributed by atoms with Gasteiger partial charge >= 0.3 is 5.97 Å². The number of rotatable bonds is 5. The zero-order chi connectivity index (χ0) is 21.8. The fourth-order valence-electron chi connectivity index (χ4n) is 3.18. The van der Waals surface area contributed by atoms with E-state index in [1.807, 2.05) is 58.2 Å². The molecule has 0 spiro atoms. The van der Waals surface area contributed by atoms with Crippen LogP contribution in [-0.2, 0) is 9.53 Å². The molecular formula is C23H25N3O3S. The van der Waals surface area contributed by atoms with E-state index < -0.39 is 6.04 Å². The molecule has 3 rings (SSSR count). The lowest BCUT2D eigenvalue weighted by molar-refractivity contribution is -0.143. The van der Waals surface area contributed by atoms with Gasteiger partial charge in [-0.3, -0.25) is 4.79 Å². The third-order valence-corrected chi connectivity index (χ3v) is 5.25. The van der Waals surface area contributed by atoms with Crippen molar-refractivity contribution in [2.45, 2.75) is 32.9 Å². The van der Waals surface area contributed by atoms with Gasteiger partial charge in [0, 0.05) is 24.0 Å². The SMILES string of the molecule is CC1=C(C(=O)OC(C)C)[C@@H](c2ccc(NC(=O)c3ccccc3)cc2)NC(=S)N1C. The van der Waals surface area contributed by atoms with Crippen molar-refractivity contribution in [2.75, 3.05) is 12.4 Å². The average Bonchev–Trinajstić information content (AvgIpc) is 2.72. The van der Waals surface area contributed by atoms with Crippen molar-refractivity contribution in [3.8, 4) is 0 Å². The summed E-state index contributed by atoms with van der Waals surface area (Å²) in [7, 11) is 1.81. The van der Waals surface area contributed by atoms with Gasteiger partial charge in [0.15, 0.2) is 5.11 Å². The molecule has 0 radical (unpaired) electrons. The summed E-state index contributed by atoms with van der Waals surface area (Å²) < 4.78 is 5.46. The van der Waals surface area contributed by atoms with Crippen LogP contribution in [0.2, 0.25) is 0 Å². The van der Waals surface area contributed by atoms with E-state index >= 15 is 0 Å². The molecule has 0 saturated heterocycles. The zero-order valence-electron chi connectivity index (χ0n) is 17.4. The van der Waals surface area contributed by atoms with Gasteiger partial charge in [-0.2, -0.15) is 0 Å². The number of thiocarbonyl (C=S) groups is 1. The number of nitrogens with one attached hydrogen (secondary N) is 2. The first-order chi connectivity index (χ1) is 14.3. The van der Waals surface area contributed by atoms with Crippen LogP contribution in [0.1, 0.15) is 42.7 Å². The normalized spacial score (nSPS) is 16.4. The van der Waals surface area contributed by atoms with Gasteiger partial charge in [-0.25, -0.2) is 4.79 Å². The third kappa shape index (κ3) is 4.68. The van der Waals surface area contributed by atoms with Crippen LogP contribution in [-0.4, -0.2) is 35.0 Å². The molecule has 0 unspecified atom stereocenters. The largest absolute Gasteiger partial charge is 0.459 e. The topological polar surface area (TPSA) is 70.7 Å². The van der Waals surface area contributed by atoms with Crippen LogP contribution in [0.15, 0.2) is 65.9 Å². The third-order valence-electron chi connectivity index (χ3n) is 4.85. The second kappa shape index (κ2) is 9.09. The van der Waals surface area contributed by atoms with E-state index in [0.717, 1.165) is 11.3 Å². The van der Waals surface area contributed by atoms with E-state index in [9.17, 15) is 9.59 Å². The van der Waals surface area contributed by atoms with Gasteiger partial charge in [0.2, 0.25) is 0 Å². The summed E-state index contributed by atoms with van der Waals surface area (Å²) in [6, 6.07) is 15.9. The monoisotopic (exact) mass is 423 g/mol. The summed E-state index contributed by atoms with van der Waals surface area (Å²) in [5, 5.41) is 6.62. The van der Waals surface area contributed by atoms with Crippen molar-refractivity contribution in [3.05, 3.63) is 77.0 Å². The summed E-state index contributed by atoms with van der Waals surface area (Å²) in [5.41, 5.74) is 3.35. The van der Waals surface area contributed by atoms with Crippen molar-refractivity contribution >= 4 is 34.9 Å². The number of hydrogen-bond acceptors (Lipinski definition) is 4. The zero-order valence-corrected chi connectivity index (χ0v) is 18.2. The van der Waals surface area contributed by atoms with Crippen LogP contribution < -0.4 is 10.6 Å². The molecular weight excluding hydrogens is 398 g/mol. The van der Waals surface area contributed by atoms with Crippen molar-refractivity contribution in [1.82, 2.24) is 10.2 Å². The lowest BCUT2D eigenvalue weighted by Crippen LogP contribution is -2.46. The molecule has 1 amide bonds. The maximum atomic E-state index is 12.8. The van der Waals surface area contributed by atoms with Gasteiger partial charge in [-0.1, -0.05) is 30.3 Å². The maximum Gasteiger partial charge on any atom is 0.338 e. The number of amides is 1. The number of carbonyl (C=O) groups is 2. The molecule has 2 aromatic rings. The Labute approximate surface area is 181 Å². The minimum absolute atomic E-state index is 0.182. The van der Waals surface area contributed by atoms with Crippen molar-refractivity contribution in [2.24, 2.45) is 0 Å². The highest BCUT2D eigenvalue weighted by Crippen LogP contribution is 2.31. The van der Waals surface area contributed by atoms with E-state index in [-0.39, 0.29) is 18.0 Å². The summed E-state index contributed by atoms with van der Waals surface area (Å²) >= 11 is 5.42. The Morgan fingerprint density at radius 1 is 1.10 bits per heavy atom. The Hall–Kier alpha value is -3.19. The highest BCUT2D eigenvalue weighted by molar-refractivity contribution is 7.80. The molecule has 156 valence electrons. The van der Waals surface area contributed by atoms with Crippen LogP contribution in [0.4, 0.5) is 5.69 Å². The summed E-state index contributed by atoms with van der Waals surface area (Å²) in [6.07, 6.45) is -0.229. The molecule has 2 N–H and O–H groups in total. The summed E-state index contributed by atoms with van der Waals surface area (Å²) in [4.78, 5) is 26.9. The van der Waals surface area contributed by atoms with Gasteiger partial charge in [0.05, 0.1) is 17.7 Å². The lowest BCUT2D eigenvalue weighted by atomic mass is 9.95. The molecule has 7 heteroatoms. The van der Waals surface area contributed by atoms with Gasteiger partial charge < -0.3 is 20.3 Å². The highest BCUT2D eigenvalue weighted by Gasteiger charge is 2.33. The summed E-state index contributed by atoms with van der Waals surface area (Å²) in [5.74, 6) is -0.560. The molecule has 0 saturated carbocycles. The lowest BCUT2D eigenvalue weighted by Gasteiger charge is -2.35. The smallest absolute Gasteiger partial charge is 0.338 e. The van der Waals surface area contributed by atoms with Gasteiger partial charge in [-0.05, 0) is 62.8 Å². The first-order valence-corrected chi connectivity index (χ1v) is 10.1. The second-order valence-corrected chi connectivity index (χ2v) is 7.72. The Kier molecular flexibility index (Phi) is 6.52. The molecule has 0 bridgehead atoms. The standard InChI is InChI=1S/C23H25N3O3S/c1-14(2)29-22(28)19-15(3)26(4)23(30)25-20(19)16-10-12-18(13-11-16)24-21(27)17-8-6-5-7-9-17/h5-14,20H,1-4H3,(H,24,27)(H,25,30)/t20-/m1/s1. The Morgan fingerprint density at radius 3 is 2.33 bits per heavy atom. The molecule has 0 fully saturated rings. The first kappa shape index (κ1) is 21.5. The molecule has 6 nitrogen and oxygen atoms in total. The van der Waals surface area contributed by atoms with Crippen LogP contribution in [0.5, 0.6) is 0 Å². The molecule has 1 aliphatic heterocycles. The number of anilines is 1. The number of ether oxygens (including phenoxy) is 1. The Morgan fingerprint density at radius 2 is 1.73 bits per heavy atom. The van der Waals surface area contributed by atoms with Crippen molar-refractivity contribution < 1.29 is 14.3 Å². The molecule has 0 aliphatic carbocycles. The quantitative estimate of drug-likeness (QED) is 0.559. The van der Waals surface area contributed by atoms with Gasteiger partial charge in [-0.15, -0.1) is 0 Å². The summed E-state index contributed by atoms with van der Waals surface area (Å²) in [6.45, 7) is 5.49. The fraction of sp³-hybridized carbons (Fsp3) is 0.261. The van der Waals surface area contributed by atoms with Gasteiger partial charge in [0.25, 0.3) is 5.91 Å². The van der Waals surface area contributed by atoms with E-state index in [2.05, 4.69) is 10.6 Å². The van der Waals surface area contributed by atoms with Crippen LogP contribution in [0.3, 0.4) is 0 Å². The van der Waals surface area contributed by atoms with Crippen LogP contribution in [0.25, 0.3) is 0 Å². The molecule has 30 heavy (non-hydrogen) atoms. The number of nitrogens with zero attached hydrogens (tertiary/aromatic N) is 1. The van der Waals surface area contributed by atoms with Crippen LogP contribution in [0, 0.1) is 0 Å². The fourth-order valence-corrected chi connectivity index (χ4v) is 3.43.